The molecular weight excluding hydrogens is 345 g/mol. The molecule has 0 bridgehead atoms. The third-order valence-corrected chi connectivity index (χ3v) is 3.64. The fraction of sp³-hybridized carbons (Fsp3) is 0.200. The Labute approximate surface area is 131 Å². The predicted molar refractivity (Wildman–Crippen MR) is 84.2 cm³/mol. The first kappa shape index (κ1) is 15.1. The predicted octanol–water partition coefficient (Wildman–Crippen LogP) is 5.17. The molecule has 0 atom stereocenters. The number of nitrogens with one attached hydrogen (secondary N) is 1. The lowest BCUT2D eigenvalue weighted by molar-refractivity contribution is 0.416. The first-order valence-corrected chi connectivity index (χ1v) is 7.20. The normalized spacial score (nSPS) is 10.4. The molecule has 0 aliphatic heterocycles. The van der Waals surface area contributed by atoms with Gasteiger partial charge in [0.15, 0.2) is 0 Å². The minimum absolute atomic E-state index is 0.282. The summed E-state index contributed by atoms with van der Waals surface area (Å²) in [5, 5.41) is 3.72. The summed E-state index contributed by atoms with van der Waals surface area (Å²) in [7, 11) is 1.60. The average molecular weight is 359 g/mol. The standard InChI is InChI=1S/C15H14BrClFNO/c1-9-5-11(16)7-14(20-2)15(9)19-8-10-6-12(17)3-4-13(10)18/h3-7,19H,8H2,1-2H3. The van der Waals surface area contributed by atoms with Crippen LogP contribution >= 0.6 is 27.5 Å². The number of aryl methyl sites for hydroxylation is 1. The highest BCUT2D eigenvalue weighted by atomic mass is 79.9. The van der Waals surface area contributed by atoms with Crippen molar-refractivity contribution >= 4 is 33.2 Å². The first-order valence-electron chi connectivity index (χ1n) is 6.03. The second kappa shape index (κ2) is 6.46. The van der Waals surface area contributed by atoms with Gasteiger partial charge < -0.3 is 10.1 Å². The minimum Gasteiger partial charge on any atom is -0.495 e. The monoisotopic (exact) mass is 357 g/mol. The Bertz CT molecular complexity index is 634. The van der Waals surface area contributed by atoms with Crippen LogP contribution in [0.5, 0.6) is 5.75 Å². The van der Waals surface area contributed by atoms with Crippen molar-refractivity contribution in [3.05, 3.63) is 56.8 Å². The molecule has 2 aromatic rings. The van der Waals surface area contributed by atoms with Gasteiger partial charge in [-0.05, 0) is 42.8 Å². The molecule has 1 N–H and O–H groups in total. The zero-order valence-corrected chi connectivity index (χ0v) is 13.5. The van der Waals surface area contributed by atoms with E-state index in [4.69, 9.17) is 16.3 Å². The molecule has 0 amide bonds. The molecule has 0 aliphatic rings. The van der Waals surface area contributed by atoms with E-state index in [9.17, 15) is 4.39 Å². The molecule has 0 aromatic heterocycles. The van der Waals surface area contributed by atoms with Crippen molar-refractivity contribution in [2.24, 2.45) is 0 Å². The van der Waals surface area contributed by atoms with Crippen LogP contribution in [0.3, 0.4) is 0 Å². The molecule has 20 heavy (non-hydrogen) atoms. The Morgan fingerprint density at radius 1 is 1.30 bits per heavy atom. The molecule has 0 saturated heterocycles. The van der Waals surface area contributed by atoms with Gasteiger partial charge in [0.1, 0.15) is 11.6 Å². The molecular formula is C15H14BrClFNO. The van der Waals surface area contributed by atoms with E-state index in [1.54, 1.807) is 13.2 Å². The molecule has 0 heterocycles. The van der Waals surface area contributed by atoms with E-state index in [0.29, 0.717) is 22.9 Å². The average Bonchev–Trinajstić information content (AvgIpc) is 2.40. The molecule has 0 unspecified atom stereocenters. The molecule has 0 fully saturated rings. The van der Waals surface area contributed by atoms with Gasteiger partial charge in [-0.15, -0.1) is 0 Å². The molecule has 2 nitrogen and oxygen atoms in total. The highest BCUT2D eigenvalue weighted by Gasteiger charge is 2.09. The molecule has 0 spiro atoms. The van der Waals surface area contributed by atoms with Gasteiger partial charge in [0.25, 0.3) is 0 Å². The number of halogens is 3. The molecule has 2 rings (SSSR count). The van der Waals surface area contributed by atoms with Crippen LogP contribution in [0, 0.1) is 12.7 Å². The summed E-state index contributed by atoms with van der Waals surface area (Å²) >= 11 is 9.30. The Morgan fingerprint density at radius 3 is 2.75 bits per heavy atom. The number of hydrogen-bond donors (Lipinski definition) is 1. The molecule has 5 heteroatoms. The molecule has 106 valence electrons. The summed E-state index contributed by atoms with van der Waals surface area (Å²) in [6.07, 6.45) is 0. The third kappa shape index (κ3) is 3.44. The molecule has 0 radical (unpaired) electrons. The van der Waals surface area contributed by atoms with Crippen molar-refractivity contribution in [3.63, 3.8) is 0 Å². The third-order valence-electron chi connectivity index (χ3n) is 2.95. The van der Waals surface area contributed by atoms with Crippen molar-refractivity contribution < 1.29 is 9.13 Å². The van der Waals surface area contributed by atoms with Crippen LogP contribution in [0.4, 0.5) is 10.1 Å². The van der Waals surface area contributed by atoms with Crippen molar-refractivity contribution in [2.45, 2.75) is 13.5 Å². The smallest absolute Gasteiger partial charge is 0.143 e. The van der Waals surface area contributed by atoms with Gasteiger partial charge in [0.05, 0.1) is 12.8 Å². The highest BCUT2D eigenvalue weighted by molar-refractivity contribution is 9.10. The van der Waals surface area contributed by atoms with Gasteiger partial charge >= 0.3 is 0 Å². The number of rotatable bonds is 4. The maximum Gasteiger partial charge on any atom is 0.143 e. The van der Waals surface area contributed by atoms with Crippen LogP contribution in [-0.4, -0.2) is 7.11 Å². The quantitative estimate of drug-likeness (QED) is 0.814. The summed E-state index contributed by atoms with van der Waals surface area (Å²) in [5.41, 5.74) is 2.37. The van der Waals surface area contributed by atoms with E-state index in [1.807, 2.05) is 19.1 Å². The van der Waals surface area contributed by atoms with Crippen molar-refractivity contribution in [3.8, 4) is 5.75 Å². The van der Waals surface area contributed by atoms with Crippen LogP contribution in [0.25, 0.3) is 0 Å². The number of methoxy groups -OCH3 is 1. The lowest BCUT2D eigenvalue weighted by Gasteiger charge is -2.15. The number of anilines is 1. The van der Waals surface area contributed by atoms with Crippen LogP contribution < -0.4 is 10.1 Å². The van der Waals surface area contributed by atoms with Crippen LogP contribution in [0.2, 0.25) is 5.02 Å². The van der Waals surface area contributed by atoms with E-state index in [0.717, 1.165) is 15.7 Å². The van der Waals surface area contributed by atoms with Gasteiger partial charge in [-0.3, -0.25) is 0 Å². The zero-order chi connectivity index (χ0) is 14.7. The second-order valence-electron chi connectivity index (χ2n) is 4.39. The summed E-state index contributed by atoms with van der Waals surface area (Å²) < 4.78 is 20.0. The Morgan fingerprint density at radius 2 is 2.05 bits per heavy atom. The Balaban J connectivity index is 2.25. The van der Waals surface area contributed by atoms with Gasteiger partial charge in [-0.25, -0.2) is 4.39 Å². The summed E-state index contributed by atoms with van der Waals surface area (Å²) in [6, 6.07) is 8.35. The van der Waals surface area contributed by atoms with Crippen molar-refractivity contribution in [1.82, 2.24) is 0 Å². The van der Waals surface area contributed by atoms with Gasteiger partial charge in [0, 0.05) is 21.6 Å². The van der Waals surface area contributed by atoms with Crippen LogP contribution in [-0.2, 0) is 6.54 Å². The SMILES string of the molecule is COc1cc(Br)cc(C)c1NCc1cc(Cl)ccc1F. The Kier molecular flexibility index (Phi) is 4.89. The van der Waals surface area contributed by atoms with Gasteiger partial charge in [0.2, 0.25) is 0 Å². The maximum atomic E-state index is 13.7. The Hall–Kier alpha value is -1.26. The lowest BCUT2D eigenvalue weighted by atomic mass is 10.1. The number of hydrogen-bond acceptors (Lipinski definition) is 2. The van der Waals surface area contributed by atoms with E-state index < -0.39 is 0 Å². The van der Waals surface area contributed by atoms with E-state index >= 15 is 0 Å². The van der Waals surface area contributed by atoms with Crippen LogP contribution in [0.15, 0.2) is 34.8 Å². The van der Waals surface area contributed by atoms with Gasteiger partial charge in [-0.2, -0.15) is 0 Å². The largest absolute Gasteiger partial charge is 0.495 e. The highest BCUT2D eigenvalue weighted by Crippen LogP contribution is 2.32. The lowest BCUT2D eigenvalue weighted by Crippen LogP contribution is -2.05. The fourth-order valence-corrected chi connectivity index (χ4v) is 2.71. The number of ether oxygens (including phenoxy) is 1. The summed E-state index contributed by atoms with van der Waals surface area (Å²) in [6.45, 7) is 2.30. The summed E-state index contributed by atoms with van der Waals surface area (Å²) in [5.74, 6) is 0.426. The zero-order valence-electron chi connectivity index (χ0n) is 11.1. The molecule has 2 aromatic carbocycles. The van der Waals surface area contributed by atoms with Crippen molar-refractivity contribution in [2.75, 3.05) is 12.4 Å². The van der Waals surface area contributed by atoms with E-state index in [2.05, 4.69) is 21.2 Å². The van der Waals surface area contributed by atoms with Crippen LogP contribution in [0.1, 0.15) is 11.1 Å². The van der Waals surface area contributed by atoms with Crippen molar-refractivity contribution in [1.29, 1.82) is 0 Å². The molecule has 0 aliphatic carbocycles. The van der Waals surface area contributed by atoms with E-state index in [1.165, 1.54) is 12.1 Å². The number of benzene rings is 2. The maximum absolute atomic E-state index is 13.7. The minimum atomic E-state index is -0.282. The fourth-order valence-electron chi connectivity index (χ4n) is 1.96. The first-order chi connectivity index (χ1) is 9.51. The summed E-state index contributed by atoms with van der Waals surface area (Å²) in [4.78, 5) is 0. The molecule has 0 saturated carbocycles. The van der Waals surface area contributed by atoms with E-state index in [-0.39, 0.29) is 5.82 Å². The van der Waals surface area contributed by atoms with Gasteiger partial charge in [-0.1, -0.05) is 27.5 Å². The topological polar surface area (TPSA) is 21.3 Å². The second-order valence-corrected chi connectivity index (χ2v) is 5.74.